The molecule has 1 aliphatic carbocycles. The van der Waals surface area contributed by atoms with E-state index in [1.165, 1.54) is 18.4 Å². The van der Waals surface area contributed by atoms with Crippen LogP contribution in [0.15, 0.2) is 48.7 Å². The van der Waals surface area contributed by atoms with E-state index >= 15 is 0 Å². The average Bonchev–Trinajstić information content (AvgIpc) is 3.33. The predicted molar refractivity (Wildman–Crippen MR) is 87.5 cm³/mol. The fourth-order valence-electron chi connectivity index (χ4n) is 2.61. The minimum Gasteiger partial charge on any atom is -0.260 e. The van der Waals surface area contributed by atoms with Crippen LogP contribution in [0, 0.1) is 0 Å². The second kappa shape index (κ2) is 5.72. The summed E-state index contributed by atoms with van der Waals surface area (Å²) in [6, 6.07) is 14.2. The molecule has 1 aliphatic rings. The highest BCUT2D eigenvalue weighted by Gasteiger charge is 2.31. The van der Waals surface area contributed by atoms with Gasteiger partial charge < -0.3 is 0 Å². The van der Waals surface area contributed by atoms with E-state index in [-0.39, 0.29) is 4.75 Å². The van der Waals surface area contributed by atoms with Crippen molar-refractivity contribution in [1.29, 1.82) is 0 Å². The van der Waals surface area contributed by atoms with Gasteiger partial charge in [-0.1, -0.05) is 36.4 Å². The van der Waals surface area contributed by atoms with Gasteiger partial charge in [-0.05, 0) is 49.8 Å². The molecule has 3 heteroatoms. The van der Waals surface area contributed by atoms with E-state index in [1.807, 2.05) is 30.5 Å². The van der Waals surface area contributed by atoms with E-state index in [4.69, 9.17) is 0 Å². The quantitative estimate of drug-likeness (QED) is 0.830. The Kier molecular flexibility index (Phi) is 3.94. The minimum absolute atomic E-state index is 0.362. The number of rotatable bonds is 5. The molecule has 0 radical (unpaired) electrons. The molecule has 0 spiro atoms. The molecule has 2 nitrogen and oxygen atoms in total. The molecule has 1 heterocycles. The Labute approximate surface area is 129 Å². The molecule has 1 atom stereocenters. The molecule has 1 fully saturated rings. The molecule has 1 aromatic heterocycles. The van der Waals surface area contributed by atoms with Gasteiger partial charge in [0.05, 0.1) is 16.2 Å². The maximum atomic E-state index is 12.9. The smallest absolute Gasteiger partial charge is 0.0670 e. The lowest BCUT2D eigenvalue weighted by Gasteiger charge is -2.25. The molecular weight excluding hydrogens is 278 g/mol. The zero-order valence-corrected chi connectivity index (χ0v) is 13.4. The van der Waals surface area contributed by atoms with Crippen LogP contribution in [0.4, 0.5) is 0 Å². The molecule has 1 saturated carbocycles. The normalized spacial score (nSPS) is 16.7. The SMILES string of the molecule is CC(C)(c1ccccc1)S(=O)Cc1ncccc1C1CC1. The monoisotopic (exact) mass is 299 g/mol. The van der Waals surface area contributed by atoms with Crippen LogP contribution in [0.25, 0.3) is 0 Å². The largest absolute Gasteiger partial charge is 0.260 e. The van der Waals surface area contributed by atoms with Crippen molar-refractivity contribution >= 4 is 10.8 Å². The fraction of sp³-hybridized carbons (Fsp3) is 0.389. The summed E-state index contributed by atoms with van der Waals surface area (Å²) in [5.74, 6) is 1.18. The van der Waals surface area contributed by atoms with Gasteiger partial charge in [0, 0.05) is 17.0 Å². The van der Waals surface area contributed by atoms with E-state index in [2.05, 4.69) is 37.0 Å². The first-order valence-corrected chi connectivity index (χ1v) is 8.78. The lowest BCUT2D eigenvalue weighted by Crippen LogP contribution is -2.25. The topological polar surface area (TPSA) is 30.0 Å². The molecule has 3 rings (SSSR count). The zero-order valence-electron chi connectivity index (χ0n) is 12.6. The van der Waals surface area contributed by atoms with Crippen molar-refractivity contribution in [2.75, 3.05) is 0 Å². The molecule has 110 valence electrons. The summed E-state index contributed by atoms with van der Waals surface area (Å²) >= 11 is 0. The van der Waals surface area contributed by atoms with Crippen molar-refractivity contribution in [2.24, 2.45) is 0 Å². The van der Waals surface area contributed by atoms with Gasteiger partial charge in [0.1, 0.15) is 0 Å². The van der Waals surface area contributed by atoms with Gasteiger partial charge in [-0.2, -0.15) is 0 Å². The Bertz CT molecular complexity index is 647. The van der Waals surface area contributed by atoms with Gasteiger partial charge >= 0.3 is 0 Å². The van der Waals surface area contributed by atoms with Gasteiger partial charge in [-0.25, -0.2) is 0 Å². The maximum Gasteiger partial charge on any atom is 0.0670 e. The standard InChI is InChI=1S/C18H21NOS/c1-18(2,15-7-4-3-5-8-15)21(20)13-17-16(14-10-11-14)9-6-12-19-17/h3-9,12,14H,10-11,13H2,1-2H3. The number of benzene rings is 1. The first-order chi connectivity index (χ1) is 10.1. The Morgan fingerprint density at radius 3 is 2.52 bits per heavy atom. The van der Waals surface area contributed by atoms with Crippen molar-refractivity contribution in [1.82, 2.24) is 4.98 Å². The Morgan fingerprint density at radius 1 is 1.14 bits per heavy atom. The average molecular weight is 299 g/mol. The van der Waals surface area contributed by atoms with Crippen LogP contribution in [0.2, 0.25) is 0 Å². The number of aromatic nitrogens is 1. The van der Waals surface area contributed by atoms with Crippen molar-refractivity contribution in [3.8, 4) is 0 Å². The number of hydrogen-bond donors (Lipinski definition) is 0. The molecule has 0 saturated heterocycles. The maximum absolute atomic E-state index is 12.9. The third kappa shape index (κ3) is 3.08. The van der Waals surface area contributed by atoms with Gasteiger partial charge in [0.15, 0.2) is 0 Å². The third-order valence-electron chi connectivity index (χ3n) is 4.25. The number of pyridine rings is 1. The van der Waals surface area contributed by atoms with Crippen LogP contribution in [0.5, 0.6) is 0 Å². The molecule has 0 amide bonds. The fourth-order valence-corrected chi connectivity index (χ4v) is 3.86. The first kappa shape index (κ1) is 14.5. The number of nitrogens with zero attached hydrogens (tertiary/aromatic N) is 1. The van der Waals surface area contributed by atoms with Crippen molar-refractivity contribution < 1.29 is 4.21 Å². The lowest BCUT2D eigenvalue weighted by molar-refractivity contribution is 0.641. The molecule has 1 aromatic carbocycles. The van der Waals surface area contributed by atoms with Crippen LogP contribution in [0.3, 0.4) is 0 Å². The summed E-state index contributed by atoms with van der Waals surface area (Å²) in [5.41, 5.74) is 3.43. The summed E-state index contributed by atoms with van der Waals surface area (Å²) in [5, 5.41) is 0. The molecule has 0 bridgehead atoms. The molecule has 21 heavy (non-hydrogen) atoms. The van der Waals surface area contributed by atoms with Crippen molar-refractivity contribution in [2.45, 2.75) is 43.1 Å². The molecular formula is C18H21NOS. The minimum atomic E-state index is -0.994. The first-order valence-electron chi connectivity index (χ1n) is 7.47. The Balaban J connectivity index is 1.83. The zero-order chi connectivity index (χ0) is 14.9. The molecule has 0 aliphatic heterocycles. The Morgan fingerprint density at radius 2 is 1.86 bits per heavy atom. The van der Waals surface area contributed by atoms with Crippen molar-refractivity contribution in [3.05, 3.63) is 65.5 Å². The van der Waals surface area contributed by atoms with Crippen LogP contribution < -0.4 is 0 Å². The van der Waals surface area contributed by atoms with E-state index in [0.717, 1.165) is 11.3 Å². The lowest BCUT2D eigenvalue weighted by atomic mass is 10.0. The number of hydrogen-bond acceptors (Lipinski definition) is 2. The summed E-state index contributed by atoms with van der Waals surface area (Å²) in [6.07, 6.45) is 4.30. The van der Waals surface area contributed by atoms with Gasteiger partial charge in [-0.15, -0.1) is 0 Å². The summed E-state index contributed by atoms with van der Waals surface area (Å²) < 4.78 is 12.5. The second-order valence-corrected chi connectivity index (χ2v) is 8.18. The highest BCUT2D eigenvalue weighted by Crippen LogP contribution is 2.42. The van der Waals surface area contributed by atoms with E-state index in [1.54, 1.807) is 0 Å². The van der Waals surface area contributed by atoms with E-state index in [9.17, 15) is 4.21 Å². The van der Waals surface area contributed by atoms with Crippen LogP contribution in [-0.2, 0) is 21.3 Å². The summed E-state index contributed by atoms with van der Waals surface area (Å²) in [7, 11) is -0.994. The van der Waals surface area contributed by atoms with E-state index in [0.29, 0.717) is 11.7 Å². The van der Waals surface area contributed by atoms with Gasteiger partial charge in [0.2, 0.25) is 0 Å². The Hall–Kier alpha value is -1.48. The highest BCUT2D eigenvalue weighted by molar-refractivity contribution is 7.85. The third-order valence-corrected chi connectivity index (χ3v) is 6.16. The van der Waals surface area contributed by atoms with Crippen LogP contribution in [-0.4, -0.2) is 9.19 Å². The van der Waals surface area contributed by atoms with Crippen LogP contribution in [0.1, 0.15) is 49.4 Å². The summed E-state index contributed by atoms with van der Waals surface area (Å²) in [6.45, 7) is 4.11. The molecule has 0 N–H and O–H groups in total. The molecule has 2 aromatic rings. The second-order valence-electron chi connectivity index (χ2n) is 6.18. The van der Waals surface area contributed by atoms with Gasteiger partial charge in [0.25, 0.3) is 0 Å². The predicted octanol–water partition coefficient (Wildman–Crippen LogP) is 4.14. The van der Waals surface area contributed by atoms with Crippen LogP contribution >= 0.6 is 0 Å². The summed E-state index contributed by atoms with van der Waals surface area (Å²) in [4.78, 5) is 4.49. The molecule has 1 unspecified atom stereocenters. The van der Waals surface area contributed by atoms with Crippen molar-refractivity contribution in [3.63, 3.8) is 0 Å². The highest BCUT2D eigenvalue weighted by atomic mass is 32.2. The van der Waals surface area contributed by atoms with Gasteiger partial charge in [-0.3, -0.25) is 9.19 Å². The van der Waals surface area contributed by atoms with E-state index < -0.39 is 10.8 Å².